The van der Waals surface area contributed by atoms with Crippen LogP contribution in [0.4, 0.5) is 0 Å². The number of aliphatic hydroxyl groups is 1. The van der Waals surface area contributed by atoms with Gasteiger partial charge in [0.1, 0.15) is 11.4 Å². The van der Waals surface area contributed by atoms with Crippen molar-refractivity contribution in [3.05, 3.63) is 29.8 Å². The molecule has 4 nitrogen and oxygen atoms in total. The lowest BCUT2D eigenvalue weighted by Crippen LogP contribution is -2.41. The molecule has 2 N–H and O–H groups in total. The predicted molar refractivity (Wildman–Crippen MR) is 79.0 cm³/mol. The summed E-state index contributed by atoms with van der Waals surface area (Å²) in [4.78, 5) is 0. The lowest BCUT2D eigenvalue weighted by atomic mass is 10.0. The Bertz CT molecular complexity index is 410. The highest BCUT2D eigenvalue weighted by atomic mass is 16.5. The van der Waals surface area contributed by atoms with E-state index >= 15 is 0 Å². The highest BCUT2D eigenvalue weighted by Gasteiger charge is 2.32. The maximum atomic E-state index is 10.2. The minimum atomic E-state index is -0.713. The molecule has 2 rings (SSSR count). The number of ether oxygens (including phenoxy) is 2. The van der Waals surface area contributed by atoms with E-state index in [1.807, 2.05) is 26.0 Å². The van der Waals surface area contributed by atoms with E-state index in [-0.39, 0.29) is 12.1 Å². The van der Waals surface area contributed by atoms with Gasteiger partial charge in [-0.1, -0.05) is 12.1 Å². The summed E-state index contributed by atoms with van der Waals surface area (Å²) >= 11 is 0. The van der Waals surface area contributed by atoms with Crippen LogP contribution in [0.3, 0.4) is 0 Å². The van der Waals surface area contributed by atoms with Crippen LogP contribution in [0.15, 0.2) is 24.3 Å². The average molecular weight is 279 g/mol. The van der Waals surface area contributed by atoms with Crippen LogP contribution in [-0.2, 0) is 4.74 Å². The minimum Gasteiger partial charge on any atom is -0.491 e. The van der Waals surface area contributed by atoms with Gasteiger partial charge in [-0.25, -0.2) is 0 Å². The molecule has 1 fully saturated rings. The fraction of sp³-hybridized carbons (Fsp3) is 0.625. The molecule has 0 aliphatic carbocycles. The Balaban J connectivity index is 1.87. The molecule has 1 aliphatic heterocycles. The first-order valence-electron chi connectivity index (χ1n) is 7.29. The predicted octanol–water partition coefficient (Wildman–Crippen LogP) is 2.28. The fourth-order valence-corrected chi connectivity index (χ4v) is 2.30. The average Bonchev–Trinajstić information content (AvgIpc) is 2.84. The highest BCUT2D eigenvalue weighted by molar-refractivity contribution is 5.29. The first kappa shape index (κ1) is 15.3. The van der Waals surface area contributed by atoms with E-state index in [1.165, 1.54) is 5.56 Å². The van der Waals surface area contributed by atoms with E-state index in [2.05, 4.69) is 24.4 Å². The molecule has 1 aliphatic rings. The van der Waals surface area contributed by atoms with Gasteiger partial charge in [-0.15, -0.1) is 0 Å². The van der Waals surface area contributed by atoms with Crippen LogP contribution in [0.25, 0.3) is 0 Å². The molecular weight excluding hydrogens is 254 g/mol. The minimum absolute atomic E-state index is 0.188. The molecule has 0 saturated carbocycles. The summed E-state index contributed by atoms with van der Waals surface area (Å²) in [6, 6.07) is 8.28. The third-order valence-corrected chi connectivity index (χ3v) is 3.57. The molecule has 0 aromatic heterocycles. The van der Waals surface area contributed by atoms with Crippen LogP contribution in [0, 0.1) is 0 Å². The van der Waals surface area contributed by atoms with Gasteiger partial charge in [-0.2, -0.15) is 0 Å². The van der Waals surface area contributed by atoms with Crippen molar-refractivity contribution in [2.24, 2.45) is 0 Å². The lowest BCUT2D eigenvalue weighted by molar-refractivity contribution is 0.0252. The standard InChI is InChI=1S/C16H25NO3/c1-12(2)20-15-6-4-14(5-7-15)13(3)17-10-16(18)8-9-19-11-16/h4-7,12-13,17-18H,8-11H2,1-3H3. The van der Waals surface area contributed by atoms with Gasteiger partial charge in [0.25, 0.3) is 0 Å². The van der Waals surface area contributed by atoms with Crippen molar-refractivity contribution in [3.8, 4) is 5.75 Å². The van der Waals surface area contributed by atoms with Crippen molar-refractivity contribution in [1.82, 2.24) is 5.32 Å². The van der Waals surface area contributed by atoms with Gasteiger partial charge in [-0.3, -0.25) is 0 Å². The second-order valence-corrected chi connectivity index (χ2v) is 5.87. The Morgan fingerprint density at radius 2 is 2.00 bits per heavy atom. The Kier molecular flexibility index (Phi) is 5.02. The van der Waals surface area contributed by atoms with E-state index < -0.39 is 5.60 Å². The first-order chi connectivity index (χ1) is 9.48. The number of benzene rings is 1. The van der Waals surface area contributed by atoms with Gasteiger partial charge in [0.05, 0.1) is 12.7 Å². The summed E-state index contributed by atoms with van der Waals surface area (Å²) in [5.74, 6) is 0.888. The Morgan fingerprint density at radius 3 is 2.55 bits per heavy atom. The van der Waals surface area contributed by atoms with Gasteiger partial charge in [0.2, 0.25) is 0 Å². The highest BCUT2D eigenvalue weighted by Crippen LogP contribution is 2.21. The number of rotatable bonds is 6. The molecule has 112 valence electrons. The van der Waals surface area contributed by atoms with Crippen molar-refractivity contribution >= 4 is 0 Å². The zero-order valence-corrected chi connectivity index (χ0v) is 12.6. The molecule has 20 heavy (non-hydrogen) atoms. The quantitative estimate of drug-likeness (QED) is 0.839. The molecule has 1 aromatic carbocycles. The molecular formula is C16H25NO3. The van der Waals surface area contributed by atoms with Gasteiger partial charge >= 0.3 is 0 Å². The monoisotopic (exact) mass is 279 g/mol. The van der Waals surface area contributed by atoms with Crippen LogP contribution < -0.4 is 10.1 Å². The van der Waals surface area contributed by atoms with E-state index in [0.717, 1.165) is 5.75 Å². The smallest absolute Gasteiger partial charge is 0.119 e. The zero-order chi connectivity index (χ0) is 14.6. The molecule has 4 heteroatoms. The summed E-state index contributed by atoms with van der Waals surface area (Å²) in [5, 5.41) is 13.6. The number of nitrogens with one attached hydrogen (secondary N) is 1. The summed E-state index contributed by atoms with van der Waals surface area (Å²) in [5.41, 5.74) is 0.471. The van der Waals surface area contributed by atoms with Crippen LogP contribution in [0.5, 0.6) is 5.75 Å². The molecule has 2 atom stereocenters. The molecule has 0 bridgehead atoms. The van der Waals surface area contributed by atoms with Crippen LogP contribution in [-0.4, -0.2) is 36.6 Å². The van der Waals surface area contributed by atoms with Gasteiger partial charge in [-0.05, 0) is 38.5 Å². The largest absolute Gasteiger partial charge is 0.491 e. The van der Waals surface area contributed by atoms with Crippen LogP contribution >= 0.6 is 0 Å². The van der Waals surface area contributed by atoms with Crippen molar-refractivity contribution in [2.45, 2.75) is 44.9 Å². The Labute approximate surface area is 121 Å². The van der Waals surface area contributed by atoms with E-state index in [0.29, 0.717) is 26.2 Å². The topological polar surface area (TPSA) is 50.7 Å². The van der Waals surface area contributed by atoms with Crippen molar-refractivity contribution < 1.29 is 14.6 Å². The van der Waals surface area contributed by atoms with Crippen LogP contribution in [0.1, 0.15) is 38.8 Å². The second kappa shape index (κ2) is 6.57. The molecule has 2 unspecified atom stereocenters. The number of hydrogen-bond acceptors (Lipinski definition) is 4. The zero-order valence-electron chi connectivity index (χ0n) is 12.6. The second-order valence-electron chi connectivity index (χ2n) is 5.87. The normalized spacial score (nSPS) is 24.1. The number of hydrogen-bond donors (Lipinski definition) is 2. The Hall–Kier alpha value is -1.10. The molecule has 1 saturated heterocycles. The molecule has 0 spiro atoms. The Morgan fingerprint density at radius 1 is 1.30 bits per heavy atom. The summed E-state index contributed by atoms with van der Waals surface area (Å²) in [7, 11) is 0. The van der Waals surface area contributed by atoms with Crippen LogP contribution in [0.2, 0.25) is 0 Å². The van der Waals surface area contributed by atoms with Crippen molar-refractivity contribution in [1.29, 1.82) is 0 Å². The van der Waals surface area contributed by atoms with E-state index in [1.54, 1.807) is 0 Å². The van der Waals surface area contributed by atoms with E-state index in [4.69, 9.17) is 9.47 Å². The van der Waals surface area contributed by atoms with Gasteiger partial charge < -0.3 is 19.9 Å². The van der Waals surface area contributed by atoms with Crippen molar-refractivity contribution in [2.75, 3.05) is 19.8 Å². The van der Waals surface area contributed by atoms with Gasteiger partial charge in [0, 0.05) is 25.6 Å². The molecule has 1 aromatic rings. The van der Waals surface area contributed by atoms with E-state index in [9.17, 15) is 5.11 Å². The maximum absolute atomic E-state index is 10.2. The van der Waals surface area contributed by atoms with Crippen molar-refractivity contribution in [3.63, 3.8) is 0 Å². The maximum Gasteiger partial charge on any atom is 0.119 e. The fourth-order valence-electron chi connectivity index (χ4n) is 2.30. The lowest BCUT2D eigenvalue weighted by Gasteiger charge is -2.24. The molecule has 0 amide bonds. The first-order valence-corrected chi connectivity index (χ1v) is 7.29. The summed E-state index contributed by atoms with van der Waals surface area (Å²) in [6.45, 7) is 7.75. The summed E-state index contributed by atoms with van der Waals surface area (Å²) < 4.78 is 10.9. The third-order valence-electron chi connectivity index (χ3n) is 3.57. The molecule has 1 heterocycles. The summed E-state index contributed by atoms with van der Waals surface area (Å²) in [6.07, 6.45) is 0.890. The third kappa shape index (κ3) is 4.20. The van der Waals surface area contributed by atoms with Gasteiger partial charge in [0.15, 0.2) is 0 Å². The SMILES string of the molecule is CC(C)Oc1ccc(C(C)NCC2(O)CCOC2)cc1. The molecule has 0 radical (unpaired) electrons.